The molecule has 1 aromatic rings. The fourth-order valence-electron chi connectivity index (χ4n) is 2.15. The summed E-state index contributed by atoms with van der Waals surface area (Å²) in [6, 6.07) is 2.99. The van der Waals surface area contributed by atoms with Crippen LogP contribution in [0.1, 0.15) is 30.1 Å². The standard InChI is InChI=1S/C14H17FN2O4/c1-14(4-6-21-7-5-14)17-13(20)16-9-2-3-10(12(18)19)11(15)8-9/h2-3,8H,4-7H2,1H3,(H,18,19)(H2,16,17,20). The predicted octanol–water partition coefficient (Wildman–Crippen LogP) is 2.21. The van der Waals surface area contributed by atoms with Crippen molar-refractivity contribution < 1.29 is 23.8 Å². The summed E-state index contributed by atoms with van der Waals surface area (Å²) in [7, 11) is 0. The number of carbonyl (C=O) groups excluding carboxylic acids is 1. The summed E-state index contributed by atoms with van der Waals surface area (Å²) in [5.41, 5.74) is -0.593. The fraction of sp³-hybridized carbons (Fsp3) is 0.429. The Morgan fingerprint density at radius 2 is 2.00 bits per heavy atom. The Hall–Kier alpha value is -2.15. The van der Waals surface area contributed by atoms with E-state index in [1.165, 1.54) is 6.07 Å². The third kappa shape index (κ3) is 3.91. The highest BCUT2D eigenvalue weighted by Gasteiger charge is 2.29. The second kappa shape index (κ2) is 6.09. The van der Waals surface area contributed by atoms with E-state index in [0.29, 0.717) is 26.1 Å². The monoisotopic (exact) mass is 296 g/mol. The van der Waals surface area contributed by atoms with Gasteiger partial charge in [-0.25, -0.2) is 14.0 Å². The molecule has 2 rings (SSSR count). The zero-order valence-corrected chi connectivity index (χ0v) is 11.6. The number of aromatic carboxylic acids is 1. The lowest BCUT2D eigenvalue weighted by molar-refractivity contribution is 0.0499. The van der Waals surface area contributed by atoms with Crippen LogP contribution in [0, 0.1) is 5.82 Å². The molecule has 0 aromatic heterocycles. The molecule has 0 atom stereocenters. The number of carbonyl (C=O) groups is 2. The first-order chi connectivity index (χ1) is 9.89. The first kappa shape index (κ1) is 15.2. The first-order valence-electron chi connectivity index (χ1n) is 6.59. The van der Waals surface area contributed by atoms with Crippen LogP contribution in [0.15, 0.2) is 18.2 Å². The Morgan fingerprint density at radius 3 is 2.57 bits per heavy atom. The van der Waals surface area contributed by atoms with Gasteiger partial charge < -0.3 is 20.5 Å². The normalized spacial score (nSPS) is 17.0. The number of anilines is 1. The molecule has 1 aliphatic rings. The van der Waals surface area contributed by atoms with Gasteiger partial charge in [0.25, 0.3) is 0 Å². The average molecular weight is 296 g/mol. The van der Waals surface area contributed by atoms with Gasteiger partial charge in [-0.1, -0.05) is 0 Å². The maximum absolute atomic E-state index is 13.5. The number of benzene rings is 1. The molecule has 0 spiro atoms. The van der Waals surface area contributed by atoms with E-state index < -0.39 is 23.4 Å². The molecule has 0 saturated carbocycles. The number of carboxylic acids is 1. The summed E-state index contributed by atoms with van der Waals surface area (Å²) in [6.45, 7) is 3.08. The number of amides is 2. The van der Waals surface area contributed by atoms with Crippen molar-refractivity contribution in [1.29, 1.82) is 0 Å². The zero-order chi connectivity index (χ0) is 15.5. The van der Waals surface area contributed by atoms with Crippen LogP contribution in [-0.2, 0) is 4.74 Å². The van der Waals surface area contributed by atoms with E-state index in [0.717, 1.165) is 12.1 Å². The van der Waals surface area contributed by atoms with Gasteiger partial charge in [-0.05, 0) is 38.0 Å². The van der Waals surface area contributed by atoms with Crippen LogP contribution in [0.2, 0.25) is 0 Å². The van der Waals surface area contributed by atoms with Crippen molar-refractivity contribution in [3.05, 3.63) is 29.6 Å². The minimum atomic E-state index is -1.35. The summed E-state index contributed by atoms with van der Waals surface area (Å²) >= 11 is 0. The van der Waals surface area contributed by atoms with Gasteiger partial charge in [0.05, 0.1) is 5.56 Å². The minimum Gasteiger partial charge on any atom is -0.478 e. The molecule has 6 nitrogen and oxygen atoms in total. The van der Waals surface area contributed by atoms with Gasteiger partial charge in [0.2, 0.25) is 0 Å². The Labute approximate surface area is 121 Å². The van der Waals surface area contributed by atoms with Crippen LogP contribution < -0.4 is 10.6 Å². The molecular weight excluding hydrogens is 279 g/mol. The summed E-state index contributed by atoms with van der Waals surface area (Å²) in [5, 5.41) is 14.1. The molecule has 7 heteroatoms. The lowest BCUT2D eigenvalue weighted by Gasteiger charge is -2.34. The van der Waals surface area contributed by atoms with Gasteiger partial charge in [-0.15, -0.1) is 0 Å². The van der Waals surface area contributed by atoms with Gasteiger partial charge >= 0.3 is 12.0 Å². The van der Waals surface area contributed by atoms with Gasteiger partial charge in [-0.3, -0.25) is 0 Å². The van der Waals surface area contributed by atoms with E-state index in [4.69, 9.17) is 9.84 Å². The smallest absolute Gasteiger partial charge is 0.338 e. The SMILES string of the molecule is CC1(NC(=O)Nc2ccc(C(=O)O)c(F)c2)CCOCC1. The molecule has 0 aliphatic carbocycles. The number of ether oxygens (including phenoxy) is 1. The van der Waals surface area contributed by atoms with E-state index in [2.05, 4.69) is 10.6 Å². The van der Waals surface area contributed by atoms with E-state index in [-0.39, 0.29) is 11.2 Å². The number of urea groups is 1. The van der Waals surface area contributed by atoms with Crippen molar-refractivity contribution in [3.8, 4) is 0 Å². The van der Waals surface area contributed by atoms with Gasteiger partial charge in [0.15, 0.2) is 0 Å². The van der Waals surface area contributed by atoms with Crippen LogP contribution in [0.4, 0.5) is 14.9 Å². The molecule has 0 bridgehead atoms. The van der Waals surface area contributed by atoms with Crippen LogP contribution in [0.25, 0.3) is 0 Å². The van der Waals surface area contributed by atoms with Crippen molar-refractivity contribution in [2.24, 2.45) is 0 Å². The highest BCUT2D eigenvalue weighted by molar-refractivity contribution is 5.92. The Morgan fingerprint density at radius 1 is 1.33 bits per heavy atom. The van der Waals surface area contributed by atoms with Crippen LogP contribution in [0.5, 0.6) is 0 Å². The molecule has 1 aromatic carbocycles. The second-order valence-corrected chi connectivity index (χ2v) is 5.25. The van der Waals surface area contributed by atoms with Gasteiger partial charge in [0, 0.05) is 24.4 Å². The van der Waals surface area contributed by atoms with Crippen molar-refractivity contribution >= 4 is 17.7 Å². The Balaban J connectivity index is 1.99. The summed E-state index contributed by atoms with van der Waals surface area (Å²) in [6.07, 6.45) is 1.40. The van der Waals surface area contributed by atoms with Crippen molar-refractivity contribution in [2.75, 3.05) is 18.5 Å². The van der Waals surface area contributed by atoms with Crippen LogP contribution in [-0.4, -0.2) is 35.9 Å². The summed E-state index contributed by atoms with van der Waals surface area (Å²) < 4.78 is 18.8. The molecule has 1 fully saturated rings. The number of hydrogen-bond donors (Lipinski definition) is 3. The molecule has 1 saturated heterocycles. The molecular formula is C14H17FN2O4. The minimum absolute atomic E-state index is 0.200. The van der Waals surface area contributed by atoms with Crippen molar-refractivity contribution in [3.63, 3.8) is 0 Å². The van der Waals surface area contributed by atoms with Crippen molar-refractivity contribution in [1.82, 2.24) is 5.32 Å². The average Bonchev–Trinajstić information content (AvgIpc) is 2.38. The van der Waals surface area contributed by atoms with E-state index >= 15 is 0 Å². The third-order valence-corrected chi connectivity index (χ3v) is 3.47. The number of rotatable bonds is 3. The quantitative estimate of drug-likeness (QED) is 0.798. The predicted molar refractivity (Wildman–Crippen MR) is 74.0 cm³/mol. The Bertz CT molecular complexity index is 556. The van der Waals surface area contributed by atoms with Crippen LogP contribution in [0.3, 0.4) is 0 Å². The molecule has 114 valence electrons. The number of halogens is 1. The summed E-state index contributed by atoms with van der Waals surface area (Å²) in [5.74, 6) is -2.24. The van der Waals surface area contributed by atoms with Gasteiger partial charge in [0.1, 0.15) is 5.82 Å². The largest absolute Gasteiger partial charge is 0.478 e. The summed E-state index contributed by atoms with van der Waals surface area (Å²) in [4.78, 5) is 22.6. The van der Waals surface area contributed by atoms with Crippen molar-refractivity contribution in [2.45, 2.75) is 25.3 Å². The highest BCUT2D eigenvalue weighted by Crippen LogP contribution is 2.20. The maximum atomic E-state index is 13.5. The topological polar surface area (TPSA) is 87.7 Å². The van der Waals surface area contributed by atoms with E-state index in [1.54, 1.807) is 0 Å². The first-order valence-corrected chi connectivity index (χ1v) is 6.59. The number of carboxylic acid groups (broad SMARTS) is 1. The molecule has 21 heavy (non-hydrogen) atoms. The second-order valence-electron chi connectivity index (χ2n) is 5.25. The molecule has 1 heterocycles. The van der Waals surface area contributed by atoms with E-state index in [9.17, 15) is 14.0 Å². The van der Waals surface area contributed by atoms with Gasteiger partial charge in [-0.2, -0.15) is 0 Å². The number of nitrogens with one attached hydrogen (secondary N) is 2. The molecule has 1 aliphatic heterocycles. The zero-order valence-electron chi connectivity index (χ0n) is 11.6. The van der Waals surface area contributed by atoms with Crippen LogP contribution >= 0.6 is 0 Å². The van der Waals surface area contributed by atoms with E-state index in [1.807, 2.05) is 6.92 Å². The molecule has 3 N–H and O–H groups in total. The fourth-order valence-corrected chi connectivity index (χ4v) is 2.15. The lowest BCUT2D eigenvalue weighted by Crippen LogP contribution is -2.51. The molecule has 0 radical (unpaired) electrons. The highest BCUT2D eigenvalue weighted by atomic mass is 19.1. The number of hydrogen-bond acceptors (Lipinski definition) is 3. The third-order valence-electron chi connectivity index (χ3n) is 3.47. The maximum Gasteiger partial charge on any atom is 0.338 e. The molecule has 0 unspecified atom stereocenters. The molecule has 2 amide bonds. The Kier molecular flexibility index (Phi) is 4.42. The lowest BCUT2D eigenvalue weighted by atomic mass is 9.93.